The molecule has 0 saturated heterocycles. The number of hydrogen-bond acceptors (Lipinski definition) is 1. The first-order valence-corrected chi connectivity index (χ1v) is 21.3. The van der Waals surface area contributed by atoms with Crippen LogP contribution >= 0.6 is 0 Å². The molecule has 0 amide bonds. The highest BCUT2D eigenvalue weighted by molar-refractivity contribution is 6.26. The summed E-state index contributed by atoms with van der Waals surface area (Å²) in [5.41, 5.74) is 17.2. The maximum Gasteiger partial charge on any atom is 0.0547 e. The smallest absolute Gasteiger partial charge is 0.0547 e. The number of aromatic nitrogens is 1. The second-order valence-corrected chi connectivity index (χ2v) is 16.9. The highest BCUT2D eigenvalue weighted by Gasteiger charge is 2.35. The van der Waals surface area contributed by atoms with Crippen molar-refractivity contribution in [2.24, 2.45) is 0 Å². The predicted molar refractivity (Wildman–Crippen MR) is 260 cm³/mol. The standard InChI is InChI=1S/C59H42N2/c1-59(2)52-19-9-8-18-49(52)50-35-33-46(38-53(50)59)60(54-20-10-13-41-12-6-7-17-48(41)54)45-31-26-40(27-32-45)23-22-39-24-28-42(29-25-39)47-36-37-56-58-51(47)34-30-43-14-11-21-55(57(43)58)61(56)44-15-4-3-5-16-44/h3-38H,1-2H3. The molecule has 0 atom stereocenters. The van der Waals surface area contributed by atoms with Gasteiger partial charge in [0, 0.05) is 38.6 Å². The Morgan fingerprint density at radius 1 is 0.426 bits per heavy atom. The Morgan fingerprint density at radius 3 is 1.90 bits per heavy atom. The van der Waals surface area contributed by atoms with E-state index in [9.17, 15) is 0 Å². The average Bonchev–Trinajstić information content (AvgIpc) is 3.77. The second-order valence-electron chi connectivity index (χ2n) is 16.9. The van der Waals surface area contributed by atoms with Gasteiger partial charge in [0.05, 0.1) is 16.7 Å². The van der Waals surface area contributed by atoms with E-state index in [0.717, 1.165) is 16.9 Å². The van der Waals surface area contributed by atoms with Gasteiger partial charge in [-0.15, -0.1) is 0 Å². The molecule has 0 unspecified atom stereocenters. The molecule has 1 aliphatic rings. The van der Waals surface area contributed by atoms with Crippen LogP contribution in [0.15, 0.2) is 206 Å². The van der Waals surface area contributed by atoms with Crippen molar-refractivity contribution in [2.45, 2.75) is 19.3 Å². The molecular formula is C59H42N2. The maximum absolute atomic E-state index is 2.42. The molecule has 0 saturated carbocycles. The third-order valence-corrected chi connectivity index (χ3v) is 13.1. The summed E-state index contributed by atoms with van der Waals surface area (Å²) in [4.78, 5) is 2.42. The zero-order valence-electron chi connectivity index (χ0n) is 34.2. The minimum atomic E-state index is -0.0887. The van der Waals surface area contributed by atoms with Crippen LogP contribution in [-0.2, 0) is 5.41 Å². The van der Waals surface area contributed by atoms with Crippen molar-refractivity contribution in [3.63, 3.8) is 0 Å². The highest BCUT2D eigenvalue weighted by Crippen LogP contribution is 2.51. The van der Waals surface area contributed by atoms with Gasteiger partial charge in [0.25, 0.3) is 0 Å². The van der Waals surface area contributed by atoms with Gasteiger partial charge in [0.2, 0.25) is 0 Å². The lowest BCUT2D eigenvalue weighted by molar-refractivity contribution is 0.660. The Hall–Kier alpha value is -7.68. The van der Waals surface area contributed by atoms with Crippen molar-refractivity contribution in [1.82, 2.24) is 4.57 Å². The lowest BCUT2D eigenvalue weighted by Crippen LogP contribution is -2.16. The molecule has 0 fully saturated rings. The van der Waals surface area contributed by atoms with Crippen molar-refractivity contribution in [2.75, 3.05) is 4.90 Å². The number of fused-ring (bicyclic) bond motifs is 4. The van der Waals surface area contributed by atoms with E-state index in [1.165, 1.54) is 93.7 Å². The summed E-state index contributed by atoms with van der Waals surface area (Å²) in [6, 6.07) is 75.7. The Labute approximate surface area is 356 Å². The largest absolute Gasteiger partial charge is 0.310 e. The molecular weight excluding hydrogens is 737 g/mol. The number of hydrogen-bond donors (Lipinski definition) is 0. The number of nitrogens with zero attached hydrogens (tertiary/aromatic N) is 2. The molecule has 10 aromatic carbocycles. The van der Waals surface area contributed by atoms with Gasteiger partial charge >= 0.3 is 0 Å². The first-order chi connectivity index (χ1) is 30.0. The van der Waals surface area contributed by atoms with Crippen molar-refractivity contribution >= 4 is 72.6 Å². The molecule has 12 rings (SSSR count). The van der Waals surface area contributed by atoms with Gasteiger partial charge in [-0.2, -0.15) is 0 Å². The van der Waals surface area contributed by atoms with Gasteiger partial charge in [-0.05, 0) is 115 Å². The van der Waals surface area contributed by atoms with Crippen LogP contribution in [-0.4, -0.2) is 4.57 Å². The van der Waals surface area contributed by atoms with Gasteiger partial charge in [0.1, 0.15) is 0 Å². The molecule has 0 bridgehead atoms. The first-order valence-electron chi connectivity index (χ1n) is 21.3. The molecule has 288 valence electrons. The molecule has 1 aromatic heterocycles. The first kappa shape index (κ1) is 35.3. The van der Waals surface area contributed by atoms with Gasteiger partial charge in [0.15, 0.2) is 0 Å². The van der Waals surface area contributed by atoms with Crippen LogP contribution in [0.3, 0.4) is 0 Å². The van der Waals surface area contributed by atoms with Gasteiger partial charge < -0.3 is 9.47 Å². The zero-order valence-corrected chi connectivity index (χ0v) is 34.2. The third-order valence-electron chi connectivity index (χ3n) is 13.1. The summed E-state index contributed by atoms with van der Waals surface area (Å²) >= 11 is 0. The monoisotopic (exact) mass is 778 g/mol. The maximum atomic E-state index is 2.42. The SMILES string of the molecule is CC1(C)c2ccccc2-c2ccc(N(c3ccc(C=Cc4ccc(-c5ccc6c7c5ccc5cccc(c57)n6-c5ccccc5)cc4)cc3)c3cccc4ccccc34)cc21. The van der Waals surface area contributed by atoms with Crippen LogP contribution in [0.2, 0.25) is 0 Å². The number of benzene rings is 10. The van der Waals surface area contributed by atoms with Crippen LogP contribution in [0.5, 0.6) is 0 Å². The van der Waals surface area contributed by atoms with Crippen molar-refractivity contribution in [1.29, 1.82) is 0 Å². The topological polar surface area (TPSA) is 8.17 Å². The normalized spacial score (nSPS) is 13.1. The summed E-state index contributed by atoms with van der Waals surface area (Å²) < 4.78 is 2.41. The molecule has 0 aliphatic heterocycles. The van der Waals surface area contributed by atoms with Crippen molar-refractivity contribution in [3.8, 4) is 27.9 Å². The summed E-state index contributed by atoms with van der Waals surface area (Å²) in [6.45, 7) is 4.71. The minimum Gasteiger partial charge on any atom is -0.310 e. The molecule has 1 heterocycles. The van der Waals surface area contributed by atoms with E-state index >= 15 is 0 Å². The van der Waals surface area contributed by atoms with Crippen LogP contribution in [0, 0.1) is 0 Å². The molecule has 0 N–H and O–H groups in total. The van der Waals surface area contributed by atoms with Crippen molar-refractivity contribution in [3.05, 3.63) is 229 Å². The molecule has 2 heteroatoms. The summed E-state index contributed by atoms with van der Waals surface area (Å²) in [7, 11) is 0. The van der Waals surface area contributed by atoms with Gasteiger partial charge in [-0.3, -0.25) is 0 Å². The predicted octanol–water partition coefficient (Wildman–Crippen LogP) is 16.1. The number of anilines is 3. The van der Waals surface area contributed by atoms with E-state index in [0.29, 0.717) is 0 Å². The quantitative estimate of drug-likeness (QED) is 0.116. The van der Waals surface area contributed by atoms with E-state index < -0.39 is 0 Å². The Kier molecular flexibility index (Phi) is 7.92. The lowest BCUT2D eigenvalue weighted by atomic mass is 9.82. The molecule has 11 aromatic rings. The van der Waals surface area contributed by atoms with E-state index in [1.54, 1.807) is 0 Å². The molecule has 2 nitrogen and oxygen atoms in total. The minimum absolute atomic E-state index is 0.0887. The Morgan fingerprint density at radius 2 is 1.07 bits per heavy atom. The third kappa shape index (κ3) is 5.56. The van der Waals surface area contributed by atoms with Crippen LogP contribution < -0.4 is 4.90 Å². The molecule has 61 heavy (non-hydrogen) atoms. The lowest BCUT2D eigenvalue weighted by Gasteiger charge is -2.29. The molecule has 1 aliphatic carbocycles. The Bertz CT molecular complexity index is 3470. The van der Waals surface area contributed by atoms with E-state index in [1.807, 2.05) is 0 Å². The van der Waals surface area contributed by atoms with E-state index in [2.05, 4.69) is 242 Å². The fourth-order valence-corrected chi connectivity index (χ4v) is 10.2. The fraction of sp³-hybridized carbons (Fsp3) is 0.0508. The van der Waals surface area contributed by atoms with Crippen LogP contribution in [0.4, 0.5) is 17.1 Å². The average molecular weight is 779 g/mol. The molecule has 0 radical (unpaired) electrons. The summed E-state index contributed by atoms with van der Waals surface area (Å²) in [6.07, 6.45) is 4.43. The summed E-state index contributed by atoms with van der Waals surface area (Å²) in [5, 5.41) is 7.66. The number of rotatable bonds is 7. The van der Waals surface area contributed by atoms with E-state index in [-0.39, 0.29) is 5.41 Å². The van der Waals surface area contributed by atoms with Gasteiger partial charge in [-0.1, -0.05) is 178 Å². The number of para-hydroxylation sites is 1. The summed E-state index contributed by atoms with van der Waals surface area (Å²) in [5.74, 6) is 0. The van der Waals surface area contributed by atoms with Crippen molar-refractivity contribution < 1.29 is 0 Å². The highest BCUT2D eigenvalue weighted by atomic mass is 15.1. The van der Waals surface area contributed by atoms with Gasteiger partial charge in [-0.25, -0.2) is 0 Å². The second kappa shape index (κ2) is 13.7. The van der Waals surface area contributed by atoms with E-state index in [4.69, 9.17) is 0 Å². The van der Waals surface area contributed by atoms with Crippen LogP contribution in [0.25, 0.3) is 83.4 Å². The zero-order chi connectivity index (χ0) is 40.7. The Balaban J connectivity index is 0.868. The molecule has 0 spiro atoms. The van der Waals surface area contributed by atoms with Crippen LogP contribution in [0.1, 0.15) is 36.1 Å². The fourth-order valence-electron chi connectivity index (χ4n) is 10.2.